The molecule has 1 atom stereocenters. The standard InChI is InChI=1S/C18H16ClN3O3S/c1-10-21-15-7-12(2-3-16(15)26-10)22-17(23)11-6-14(19)18(20-8-11)25-13-4-5-24-9-13/h2-3,6-8,13H,4-5,9H2,1H3,(H,22,23)/t13-/m0/s1. The van der Waals surface area contributed by atoms with E-state index in [1.807, 2.05) is 25.1 Å². The van der Waals surface area contributed by atoms with Gasteiger partial charge in [0.2, 0.25) is 5.88 Å². The van der Waals surface area contributed by atoms with E-state index in [0.717, 1.165) is 21.6 Å². The third-order valence-corrected chi connectivity index (χ3v) is 5.21. The SMILES string of the molecule is Cc1nc2cc(NC(=O)c3cnc(O[C@H]4CCOC4)c(Cl)c3)ccc2s1. The number of carbonyl (C=O) groups is 1. The topological polar surface area (TPSA) is 73.3 Å². The number of anilines is 1. The van der Waals surface area contributed by atoms with Crippen molar-refractivity contribution >= 4 is 44.7 Å². The zero-order valence-corrected chi connectivity index (χ0v) is 15.6. The number of rotatable bonds is 4. The van der Waals surface area contributed by atoms with Gasteiger partial charge in [0.05, 0.1) is 34.0 Å². The van der Waals surface area contributed by atoms with Crippen LogP contribution in [0.25, 0.3) is 10.2 Å². The van der Waals surface area contributed by atoms with Crippen molar-refractivity contribution in [1.29, 1.82) is 0 Å². The maximum absolute atomic E-state index is 12.5. The van der Waals surface area contributed by atoms with E-state index in [-0.39, 0.29) is 12.0 Å². The molecular formula is C18H16ClN3O3S. The number of benzene rings is 1. The summed E-state index contributed by atoms with van der Waals surface area (Å²) in [4.78, 5) is 21.1. The number of amides is 1. The van der Waals surface area contributed by atoms with E-state index in [2.05, 4.69) is 15.3 Å². The molecule has 134 valence electrons. The van der Waals surface area contributed by atoms with Crippen molar-refractivity contribution in [2.75, 3.05) is 18.5 Å². The second kappa shape index (κ2) is 7.19. The van der Waals surface area contributed by atoms with Gasteiger partial charge in [-0.2, -0.15) is 0 Å². The van der Waals surface area contributed by atoms with Crippen molar-refractivity contribution in [3.63, 3.8) is 0 Å². The predicted molar refractivity (Wildman–Crippen MR) is 101 cm³/mol. The number of fused-ring (bicyclic) bond motifs is 1. The minimum Gasteiger partial charge on any atom is -0.471 e. The lowest BCUT2D eigenvalue weighted by Crippen LogP contribution is -2.17. The lowest BCUT2D eigenvalue weighted by Gasteiger charge is -2.12. The van der Waals surface area contributed by atoms with E-state index < -0.39 is 0 Å². The molecule has 1 saturated heterocycles. The van der Waals surface area contributed by atoms with Crippen LogP contribution in [0, 0.1) is 6.92 Å². The van der Waals surface area contributed by atoms with Crippen LogP contribution in [0.3, 0.4) is 0 Å². The van der Waals surface area contributed by atoms with Gasteiger partial charge in [0.25, 0.3) is 5.91 Å². The normalized spacial score (nSPS) is 16.8. The molecule has 0 unspecified atom stereocenters. The molecule has 0 saturated carbocycles. The molecule has 1 N–H and O–H groups in total. The molecule has 0 bridgehead atoms. The first-order chi connectivity index (χ1) is 12.6. The van der Waals surface area contributed by atoms with Gasteiger partial charge in [-0.15, -0.1) is 11.3 Å². The van der Waals surface area contributed by atoms with Crippen LogP contribution < -0.4 is 10.1 Å². The van der Waals surface area contributed by atoms with Crippen LogP contribution in [0.15, 0.2) is 30.5 Å². The lowest BCUT2D eigenvalue weighted by molar-refractivity contribution is 0.102. The van der Waals surface area contributed by atoms with E-state index >= 15 is 0 Å². The number of nitrogens with one attached hydrogen (secondary N) is 1. The Morgan fingerprint density at radius 2 is 2.31 bits per heavy atom. The van der Waals surface area contributed by atoms with Crippen LogP contribution in [0.4, 0.5) is 5.69 Å². The Kier molecular flexibility index (Phi) is 4.76. The second-order valence-electron chi connectivity index (χ2n) is 5.98. The molecule has 6 nitrogen and oxygen atoms in total. The summed E-state index contributed by atoms with van der Waals surface area (Å²) in [6.45, 7) is 3.16. The van der Waals surface area contributed by atoms with Crippen molar-refractivity contribution in [2.24, 2.45) is 0 Å². The number of aryl methyl sites for hydroxylation is 1. The molecule has 26 heavy (non-hydrogen) atoms. The number of pyridine rings is 1. The summed E-state index contributed by atoms with van der Waals surface area (Å²) >= 11 is 7.84. The fourth-order valence-corrected chi connectivity index (χ4v) is 3.74. The molecule has 0 spiro atoms. The number of thiazole rings is 1. The summed E-state index contributed by atoms with van der Waals surface area (Å²) < 4.78 is 12.1. The Bertz CT molecular complexity index is 969. The van der Waals surface area contributed by atoms with E-state index in [9.17, 15) is 4.79 Å². The fraction of sp³-hybridized carbons (Fsp3) is 0.278. The molecule has 1 aromatic carbocycles. The summed E-state index contributed by atoms with van der Waals surface area (Å²) in [7, 11) is 0. The highest BCUT2D eigenvalue weighted by molar-refractivity contribution is 7.18. The molecule has 1 aliphatic heterocycles. The van der Waals surface area contributed by atoms with Crippen LogP contribution in [0.5, 0.6) is 5.88 Å². The molecule has 4 rings (SSSR count). The first kappa shape index (κ1) is 17.2. The molecule has 3 aromatic rings. The summed E-state index contributed by atoms with van der Waals surface area (Å²) in [5.41, 5.74) is 1.90. The Hall–Kier alpha value is -2.22. The first-order valence-corrected chi connectivity index (χ1v) is 9.36. The fourth-order valence-electron chi connectivity index (χ4n) is 2.72. The number of nitrogens with zero attached hydrogens (tertiary/aromatic N) is 2. The van der Waals surface area contributed by atoms with Crippen LogP contribution in [0.1, 0.15) is 21.8 Å². The van der Waals surface area contributed by atoms with Crippen LogP contribution in [-0.2, 0) is 4.74 Å². The van der Waals surface area contributed by atoms with Gasteiger partial charge in [0.1, 0.15) is 11.1 Å². The first-order valence-electron chi connectivity index (χ1n) is 8.17. The number of aromatic nitrogens is 2. The quantitative estimate of drug-likeness (QED) is 0.728. The minimum atomic E-state index is -0.290. The van der Waals surface area contributed by atoms with Crippen LogP contribution in [-0.4, -0.2) is 35.2 Å². The zero-order valence-electron chi connectivity index (χ0n) is 14.0. The number of halogens is 1. The van der Waals surface area contributed by atoms with E-state index in [0.29, 0.717) is 35.4 Å². The summed E-state index contributed by atoms with van der Waals surface area (Å²) in [6.07, 6.45) is 2.21. The molecular weight excluding hydrogens is 374 g/mol. The Morgan fingerprint density at radius 3 is 3.08 bits per heavy atom. The second-order valence-corrected chi connectivity index (χ2v) is 7.63. The largest absolute Gasteiger partial charge is 0.471 e. The number of hydrogen-bond acceptors (Lipinski definition) is 6. The smallest absolute Gasteiger partial charge is 0.257 e. The monoisotopic (exact) mass is 389 g/mol. The summed E-state index contributed by atoms with van der Waals surface area (Å²) in [5.74, 6) is 0.0273. The average molecular weight is 390 g/mol. The van der Waals surface area contributed by atoms with Crippen molar-refractivity contribution in [2.45, 2.75) is 19.4 Å². The van der Waals surface area contributed by atoms with Crippen molar-refractivity contribution in [3.05, 3.63) is 46.1 Å². The third-order valence-electron chi connectivity index (χ3n) is 3.99. The molecule has 8 heteroatoms. The Balaban J connectivity index is 1.48. The average Bonchev–Trinajstić information content (AvgIpc) is 3.24. The van der Waals surface area contributed by atoms with Gasteiger partial charge in [-0.3, -0.25) is 4.79 Å². The van der Waals surface area contributed by atoms with E-state index in [4.69, 9.17) is 21.1 Å². The summed E-state index contributed by atoms with van der Waals surface area (Å²) in [6, 6.07) is 7.20. The summed E-state index contributed by atoms with van der Waals surface area (Å²) in [5, 5.41) is 4.14. The minimum absolute atomic E-state index is 0.0482. The van der Waals surface area contributed by atoms with Gasteiger partial charge < -0.3 is 14.8 Å². The maximum Gasteiger partial charge on any atom is 0.257 e. The molecule has 0 aliphatic carbocycles. The Labute approximate surface area is 159 Å². The molecule has 3 heterocycles. The van der Waals surface area contributed by atoms with Gasteiger partial charge in [-0.05, 0) is 31.2 Å². The van der Waals surface area contributed by atoms with Crippen molar-refractivity contribution < 1.29 is 14.3 Å². The molecule has 1 fully saturated rings. The molecule has 0 radical (unpaired) electrons. The third kappa shape index (κ3) is 3.65. The van der Waals surface area contributed by atoms with Crippen LogP contribution in [0.2, 0.25) is 5.02 Å². The Morgan fingerprint density at radius 1 is 1.42 bits per heavy atom. The van der Waals surface area contributed by atoms with Crippen molar-refractivity contribution in [3.8, 4) is 5.88 Å². The van der Waals surface area contributed by atoms with Crippen LogP contribution >= 0.6 is 22.9 Å². The maximum atomic E-state index is 12.5. The highest BCUT2D eigenvalue weighted by Gasteiger charge is 2.20. The number of hydrogen-bond donors (Lipinski definition) is 1. The van der Waals surface area contributed by atoms with Gasteiger partial charge in [0, 0.05) is 18.3 Å². The number of carbonyl (C=O) groups excluding carboxylic acids is 1. The predicted octanol–water partition coefficient (Wildman–Crippen LogP) is 4.07. The zero-order chi connectivity index (χ0) is 18.1. The van der Waals surface area contributed by atoms with Gasteiger partial charge >= 0.3 is 0 Å². The molecule has 1 amide bonds. The highest BCUT2D eigenvalue weighted by Crippen LogP contribution is 2.27. The molecule has 1 aliphatic rings. The highest BCUT2D eigenvalue weighted by atomic mass is 35.5. The van der Waals surface area contributed by atoms with E-state index in [1.165, 1.54) is 6.20 Å². The van der Waals surface area contributed by atoms with Crippen molar-refractivity contribution in [1.82, 2.24) is 9.97 Å². The van der Waals surface area contributed by atoms with Gasteiger partial charge in [-0.25, -0.2) is 9.97 Å². The van der Waals surface area contributed by atoms with Gasteiger partial charge in [0.15, 0.2) is 0 Å². The van der Waals surface area contributed by atoms with Gasteiger partial charge in [-0.1, -0.05) is 11.6 Å². The van der Waals surface area contributed by atoms with E-state index in [1.54, 1.807) is 17.4 Å². The lowest BCUT2D eigenvalue weighted by atomic mass is 10.2. The number of ether oxygens (including phenoxy) is 2. The molecule has 2 aromatic heterocycles.